The van der Waals surface area contributed by atoms with Crippen LogP contribution in [-0.2, 0) is 4.57 Å². The Morgan fingerprint density at radius 1 is 1.50 bits per heavy atom. The highest BCUT2D eigenvalue weighted by Gasteiger charge is 2.04. The maximum atomic E-state index is 10.4. The van der Waals surface area contributed by atoms with Gasteiger partial charge in [-0.15, -0.1) is 4.20 Å². The van der Waals surface area contributed by atoms with Crippen molar-refractivity contribution in [2.45, 2.75) is 0 Å². The molecule has 1 saturated heterocycles. The summed E-state index contributed by atoms with van der Waals surface area (Å²) >= 11 is 0. The van der Waals surface area contributed by atoms with Gasteiger partial charge in [0.25, 0.3) is 0 Å². The van der Waals surface area contributed by atoms with Gasteiger partial charge in [0.2, 0.25) is 0 Å². The van der Waals surface area contributed by atoms with Gasteiger partial charge < -0.3 is 5.32 Å². The summed E-state index contributed by atoms with van der Waals surface area (Å²) < 4.78 is 19.0. The molecular weight excluding hydrogens is 136 g/mol. The number of halogens is 1. The normalized spacial score (nSPS) is 16.4. The maximum Gasteiger partial charge on any atom is 0.507 e. The summed E-state index contributed by atoms with van der Waals surface area (Å²) in [7, 11) is -5.14. The molecule has 0 bridgehead atoms. The van der Waals surface area contributed by atoms with Crippen molar-refractivity contribution >= 4 is 7.91 Å². The van der Waals surface area contributed by atoms with Crippen LogP contribution in [0.4, 0.5) is 4.20 Å². The van der Waals surface area contributed by atoms with E-state index >= 15 is 0 Å². The molecule has 8 heavy (non-hydrogen) atoms. The molecule has 3 N–H and O–H groups in total. The van der Waals surface area contributed by atoms with Crippen molar-refractivity contribution in [1.29, 1.82) is 0 Å². The molecule has 0 atom stereocenters. The van der Waals surface area contributed by atoms with E-state index in [9.17, 15) is 4.20 Å². The van der Waals surface area contributed by atoms with Gasteiger partial charge in [-0.2, -0.15) is 0 Å². The SMILES string of the molecule is C1CN1.O=P(O)(O)F. The van der Waals surface area contributed by atoms with Gasteiger partial charge in [0.1, 0.15) is 0 Å². The van der Waals surface area contributed by atoms with Crippen LogP contribution in [0.5, 0.6) is 0 Å². The molecule has 4 nitrogen and oxygen atoms in total. The fraction of sp³-hybridized carbons (Fsp3) is 1.00. The van der Waals surface area contributed by atoms with Crippen LogP contribution >= 0.6 is 7.91 Å². The highest BCUT2D eigenvalue weighted by atomic mass is 31.2. The fourth-order valence-corrected chi connectivity index (χ4v) is 0. The minimum absolute atomic E-state index is 1.25. The predicted octanol–water partition coefficient (Wildman–Crippen LogP) is -0.362. The zero-order chi connectivity index (χ0) is 6.62. The standard InChI is InChI=1S/C2H5N.FH2O3P/c1-2-3-1;1-5(2,3)4/h3H,1-2H2;(H2,2,3,4). The average Bonchev–Trinajstić information content (AvgIpc) is 1.95. The van der Waals surface area contributed by atoms with Gasteiger partial charge in [0, 0.05) is 13.1 Å². The van der Waals surface area contributed by atoms with E-state index in [0.717, 1.165) is 0 Å². The number of hydrogen-bond acceptors (Lipinski definition) is 2. The minimum Gasteiger partial charge on any atom is -0.314 e. The first-order valence-corrected chi connectivity index (χ1v) is 3.46. The molecule has 50 valence electrons. The summed E-state index contributed by atoms with van der Waals surface area (Å²) in [6.07, 6.45) is 0. The zero-order valence-electron chi connectivity index (χ0n) is 4.04. The molecule has 0 saturated carbocycles. The molecule has 0 radical (unpaired) electrons. The van der Waals surface area contributed by atoms with Crippen LogP contribution in [-0.4, -0.2) is 22.9 Å². The smallest absolute Gasteiger partial charge is 0.314 e. The Morgan fingerprint density at radius 2 is 1.62 bits per heavy atom. The van der Waals surface area contributed by atoms with Crippen LogP contribution in [0.1, 0.15) is 0 Å². The number of hydrogen-bond donors (Lipinski definition) is 3. The van der Waals surface area contributed by atoms with Gasteiger partial charge in [0.15, 0.2) is 0 Å². The van der Waals surface area contributed by atoms with Crippen molar-refractivity contribution in [3.8, 4) is 0 Å². The van der Waals surface area contributed by atoms with Crippen molar-refractivity contribution in [2.75, 3.05) is 13.1 Å². The quantitative estimate of drug-likeness (QED) is 0.319. The number of nitrogens with one attached hydrogen (secondary N) is 1. The average molecular weight is 143 g/mol. The molecule has 1 heterocycles. The second-order valence-corrected chi connectivity index (χ2v) is 2.17. The summed E-state index contributed by atoms with van der Waals surface area (Å²) in [5, 5.41) is 3.00. The summed E-state index contributed by atoms with van der Waals surface area (Å²) in [5.41, 5.74) is 0. The first-order chi connectivity index (χ1) is 3.50. The molecule has 0 spiro atoms. The van der Waals surface area contributed by atoms with Gasteiger partial charge in [0.05, 0.1) is 0 Å². The van der Waals surface area contributed by atoms with E-state index < -0.39 is 7.91 Å². The molecule has 0 aromatic heterocycles. The van der Waals surface area contributed by atoms with Crippen LogP contribution < -0.4 is 5.32 Å². The first kappa shape index (κ1) is 8.04. The largest absolute Gasteiger partial charge is 0.507 e. The van der Waals surface area contributed by atoms with Crippen LogP contribution in [0, 0.1) is 0 Å². The van der Waals surface area contributed by atoms with Gasteiger partial charge >= 0.3 is 7.91 Å². The summed E-state index contributed by atoms with van der Waals surface area (Å²) in [5.74, 6) is 0. The molecule has 0 aliphatic carbocycles. The molecule has 1 fully saturated rings. The second kappa shape index (κ2) is 3.14. The third-order valence-corrected chi connectivity index (χ3v) is 0.250. The van der Waals surface area contributed by atoms with E-state index in [1.807, 2.05) is 0 Å². The van der Waals surface area contributed by atoms with Crippen LogP contribution in [0.15, 0.2) is 0 Å². The van der Waals surface area contributed by atoms with Crippen molar-refractivity contribution in [2.24, 2.45) is 0 Å². The molecule has 6 heteroatoms. The Bertz CT molecular complexity index is 88.4. The lowest BCUT2D eigenvalue weighted by Gasteiger charge is -1.77. The molecule has 1 rings (SSSR count). The molecular formula is C2H7FNO3P. The topological polar surface area (TPSA) is 79.5 Å². The molecule has 1 aliphatic rings. The Morgan fingerprint density at radius 3 is 1.62 bits per heavy atom. The molecule has 0 aromatic rings. The van der Waals surface area contributed by atoms with Crippen LogP contribution in [0.2, 0.25) is 0 Å². The summed E-state index contributed by atoms with van der Waals surface area (Å²) in [6.45, 7) is 2.50. The van der Waals surface area contributed by atoms with Gasteiger partial charge in [-0.25, -0.2) is 4.57 Å². The van der Waals surface area contributed by atoms with Gasteiger partial charge in [-0.3, -0.25) is 9.79 Å². The van der Waals surface area contributed by atoms with Crippen LogP contribution in [0.25, 0.3) is 0 Å². The Kier molecular flexibility index (Phi) is 3.16. The maximum absolute atomic E-state index is 10.4. The predicted molar refractivity (Wildman–Crippen MR) is 26.0 cm³/mol. The Labute approximate surface area is 46.0 Å². The fourth-order valence-electron chi connectivity index (χ4n) is 0. The third kappa shape index (κ3) is 142. The lowest BCUT2D eigenvalue weighted by Crippen LogP contribution is -1.56. The van der Waals surface area contributed by atoms with Crippen molar-refractivity contribution in [3.05, 3.63) is 0 Å². The number of rotatable bonds is 0. The highest BCUT2D eigenvalue weighted by Crippen LogP contribution is 2.34. The van der Waals surface area contributed by atoms with Crippen molar-refractivity contribution < 1.29 is 18.5 Å². The summed E-state index contributed by atoms with van der Waals surface area (Å²) in [6, 6.07) is 0. The van der Waals surface area contributed by atoms with Gasteiger partial charge in [-0.1, -0.05) is 0 Å². The monoisotopic (exact) mass is 143 g/mol. The van der Waals surface area contributed by atoms with E-state index in [0.29, 0.717) is 0 Å². The molecule has 0 aromatic carbocycles. The highest BCUT2D eigenvalue weighted by molar-refractivity contribution is 7.45. The zero-order valence-corrected chi connectivity index (χ0v) is 4.94. The molecule has 0 amide bonds. The van der Waals surface area contributed by atoms with Gasteiger partial charge in [-0.05, 0) is 0 Å². The third-order valence-electron chi connectivity index (χ3n) is 0.250. The van der Waals surface area contributed by atoms with Crippen LogP contribution in [0.3, 0.4) is 0 Å². The van der Waals surface area contributed by atoms with Crippen molar-refractivity contribution in [3.63, 3.8) is 0 Å². The molecule has 0 unspecified atom stereocenters. The second-order valence-electron chi connectivity index (χ2n) is 1.22. The Balaban J connectivity index is 0.000000135. The minimum atomic E-state index is -5.14. The summed E-state index contributed by atoms with van der Waals surface area (Å²) in [4.78, 5) is 13.9. The van der Waals surface area contributed by atoms with Crippen molar-refractivity contribution in [1.82, 2.24) is 5.32 Å². The first-order valence-electron chi connectivity index (χ1n) is 1.96. The van der Waals surface area contributed by atoms with E-state index in [-0.39, 0.29) is 0 Å². The van der Waals surface area contributed by atoms with E-state index in [4.69, 9.17) is 14.4 Å². The van der Waals surface area contributed by atoms with E-state index in [2.05, 4.69) is 5.32 Å². The lowest BCUT2D eigenvalue weighted by molar-refractivity contribution is 0.322. The lowest BCUT2D eigenvalue weighted by atomic mass is 11.0. The molecule has 1 aliphatic heterocycles. The van der Waals surface area contributed by atoms with E-state index in [1.165, 1.54) is 13.1 Å². The van der Waals surface area contributed by atoms with E-state index in [1.54, 1.807) is 0 Å². The Hall–Kier alpha value is 0.0400.